The van der Waals surface area contributed by atoms with Gasteiger partial charge in [0.05, 0.1) is 0 Å². The number of alkyl halides is 1. The van der Waals surface area contributed by atoms with Crippen LogP contribution in [0.25, 0.3) is 10.9 Å². The molecule has 15 heteroatoms. The van der Waals surface area contributed by atoms with Crippen molar-refractivity contribution >= 4 is 50.6 Å². The van der Waals surface area contributed by atoms with Crippen LogP contribution in [0.5, 0.6) is 0 Å². The number of nitrogens with zero attached hydrogens (tertiary/aromatic N) is 2. The number of anilines is 1. The lowest BCUT2D eigenvalue weighted by atomic mass is 9.74. The molecule has 292 valence electrons. The fraction of sp³-hybridized carbons (Fsp3) is 0.684. The summed E-state index contributed by atoms with van der Waals surface area (Å²) in [4.78, 5) is 57.8. The van der Waals surface area contributed by atoms with Gasteiger partial charge in [-0.1, -0.05) is 52.9 Å². The molecule has 0 bridgehead atoms. The van der Waals surface area contributed by atoms with E-state index in [1.807, 2.05) is 0 Å². The zero-order valence-corrected chi connectivity index (χ0v) is 31.9. The second-order valence-electron chi connectivity index (χ2n) is 16.6. The molecule has 4 fully saturated rings. The number of fused-ring (bicyclic) bond motifs is 1. The highest BCUT2D eigenvalue weighted by molar-refractivity contribution is 7.87. The minimum absolute atomic E-state index is 0.0202. The molecule has 0 spiro atoms. The summed E-state index contributed by atoms with van der Waals surface area (Å²) < 4.78 is 49.5. The summed E-state index contributed by atoms with van der Waals surface area (Å²) in [6.07, 6.45) is 6.24. The summed E-state index contributed by atoms with van der Waals surface area (Å²) in [5.41, 5.74) is 5.76. The Morgan fingerprint density at radius 1 is 0.925 bits per heavy atom. The van der Waals surface area contributed by atoms with Gasteiger partial charge >= 0.3 is 16.3 Å². The monoisotopic (exact) mass is 758 g/mol. The number of amides is 4. The van der Waals surface area contributed by atoms with Gasteiger partial charge in [-0.25, -0.2) is 13.9 Å². The summed E-state index contributed by atoms with van der Waals surface area (Å²) in [7, 11) is -3.95. The minimum Gasteiger partial charge on any atom is -0.443 e. The molecule has 1 aromatic heterocycles. The van der Waals surface area contributed by atoms with Crippen molar-refractivity contribution in [2.75, 3.05) is 25.0 Å². The van der Waals surface area contributed by atoms with E-state index in [0.29, 0.717) is 67.8 Å². The Morgan fingerprint density at radius 3 is 2.25 bits per heavy atom. The Labute approximate surface area is 311 Å². The van der Waals surface area contributed by atoms with E-state index < -0.39 is 45.9 Å². The number of primary amides is 1. The van der Waals surface area contributed by atoms with Crippen molar-refractivity contribution in [3.63, 3.8) is 0 Å². The van der Waals surface area contributed by atoms with Crippen molar-refractivity contribution in [2.45, 2.75) is 116 Å². The molecule has 4 aliphatic rings. The largest absolute Gasteiger partial charge is 0.443 e. The maximum absolute atomic E-state index is 15.5. The predicted octanol–water partition coefficient (Wildman–Crippen LogP) is 5.63. The number of likely N-dealkylation sites (tertiary alicyclic amines) is 1. The number of carbonyl (C=O) groups is 4. The third-order valence-electron chi connectivity index (χ3n) is 12.0. The Morgan fingerprint density at radius 2 is 1.60 bits per heavy atom. The number of nitrogens with two attached hydrogens (primary N) is 1. The van der Waals surface area contributed by atoms with E-state index in [1.54, 1.807) is 49.9 Å². The molecule has 13 nitrogen and oxygen atoms in total. The molecule has 53 heavy (non-hydrogen) atoms. The molecule has 4 atom stereocenters. The number of rotatable bonds is 10. The Balaban J connectivity index is 1.15. The number of hydrogen-bond donors (Lipinski definition) is 4. The molecule has 3 heterocycles. The topological polar surface area (TPSA) is 184 Å². The van der Waals surface area contributed by atoms with Gasteiger partial charge in [0.15, 0.2) is 0 Å². The zero-order chi connectivity index (χ0) is 38.1. The summed E-state index contributed by atoms with van der Waals surface area (Å²) in [5, 5.41) is 3.68. The van der Waals surface area contributed by atoms with Crippen molar-refractivity contribution < 1.29 is 36.7 Å². The first-order chi connectivity index (χ1) is 25.1. The maximum atomic E-state index is 15.5. The van der Waals surface area contributed by atoms with Crippen LogP contribution in [-0.2, 0) is 24.5 Å². The van der Waals surface area contributed by atoms with E-state index >= 15 is 4.39 Å². The maximum Gasteiger partial charge on any atom is 0.404 e. The van der Waals surface area contributed by atoms with Crippen LogP contribution in [0.2, 0.25) is 0 Å². The molecule has 2 saturated carbocycles. The van der Waals surface area contributed by atoms with Crippen LogP contribution in [0.3, 0.4) is 0 Å². The first kappa shape index (κ1) is 39.0. The van der Waals surface area contributed by atoms with Gasteiger partial charge in [0, 0.05) is 42.1 Å². The van der Waals surface area contributed by atoms with Crippen molar-refractivity contribution in [1.82, 2.24) is 18.9 Å². The highest BCUT2D eigenvalue weighted by atomic mass is 32.2. The van der Waals surface area contributed by atoms with Gasteiger partial charge in [-0.3, -0.25) is 14.4 Å². The fourth-order valence-electron chi connectivity index (χ4n) is 9.12. The Bertz CT molecular complexity index is 1770. The standard InChI is InChI=1S/C38H55FN6O7S/c1-38(2,3)33(39)32(52-37(40)49)24-11-13-25(14-12-24)36(48)45-20-17-28(23-9-5-4-6-10-23)31(45)35(47)41-27-15-16-29-26(21-27)22-30(42-29)34(46)43-53(50,51)44-18-7-8-19-44/h15-16,21-25,28,31-33,42H,4-14,17-20H2,1-3H3,(H2,40,49)(H,41,47)(H,43,46)/t24-,25-,28-,31-,32-,33?/m0/s1. The van der Waals surface area contributed by atoms with E-state index in [0.717, 1.165) is 44.9 Å². The zero-order valence-electron chi connectivity index (χ0n) is 31.1. The number of carbonyl (C=O) groups excluding carboxylic acids is 4. The van der Waals surface area contributed by atoms with Gasteiger partial charge in [0.25, 0.3) is 5.91 Å². The molecule has 1 aromatic carbocycles. The SMILES string of the molecule is CC(C)(C)C(F)[C@@H](OC(N)=O)[C@H]1CC[C@H](C(=O)N2CC[C@@H](C3CCCCC3)[C@H]2C(=O)Nc2ccc3[nH]c(C(=O)NS(=O)(=O)N4CCCC4)cc3c2)CC1. The lowest BCUT2D eigenvalue weighted by molar-refractivity contribution is -0.143. The van der Waals surface area contributed by atoms with Crippen LogP contribution in [0.1, 0.15) is 108 Å². The smallest absolute Gasteiger partial charge is 0.404 e. The number of ether oxygens (including phenoxy) is 1. The first-order valence-electron chi connectivity index (χ1n) is 19.3. The third kappa shape index (κ3) is 8.82. The number of aromatic nitrogens is 1. The highest BCUT2D eigenvalue weighted by Gasteiger charge is 2.48. The van der Waals surface area contributed by atoms with Crippen molar-refractivity contribution in [3.8, 4) is 0 Å². The minimum atomic E-state index is -3.95. The molecule has 4 amide bonds. The third-order valence-corrected chi connectivity index (χ3v) is 13.5. The van der Waals surface area contributed by atoms with Gasteiger partial charge < -0.3 is 25.7 Å². The fourth-order valence-corrected chi connectivity index (χ4v) is 10.3. The Kier molecular flexibility index (Phi) is 11.7. The molecule has 5 N–H and O–H groups in total. The van der Waals surface area contributed by atoms with Crippen LogP contribution in [0, 0.1) is 29.1 Å². The van der Waals surface area contributed by atoms with E-state index in [1.165, 1.54) is 10.7 Å². The van der Waals surface area contributed by atoms with E-state index in [2.05, 4.69) is 15.0 Å². The molecule has 2 aliphatic heterocycles. The number of H-pyrrole nitrogens is 1. The molecule has 2 aliphatic carbocycles. The van der Waals surface area contributed by atoms with Gasteiger partial charge in [-0.05, 0) is 92.4 Å². The number of halogens is 1. The lowest BCUT2D eigenvalue weighted by Crippen LogP contribution is -2.50. The summed E-state index contributed by atoms with van der Waals surface area (Å²) >= 11 is 0. The van der Waals surface area contributed by atoms with Crippen LogP contribution in [0.15, 0.2) is 24.3 Å². The second kappa shape index (κ2) is 15.9. The first-order valence-corrected chi connectivity index (χ1v) is 20.7. The molecule has 1 unspecified atom stereocenters. The van der Waals surface area contributed by atoms with Crippen molar-refractivity contribution in [1.29, 1.82) is 0 Å². The molecule has 2 saturated heterocycles. The summed E-state index contributed by atoms with van der Waals surface area (Å²) in [6.45, 7) is 6.49. The van der Waals surface area contributed by atoms with E-state index in [4.69, 9.17) is 10.5 Å². The summed E-state index contributed by atoms with van der Waals surface area (Å²) in [5.74, 6) is -1.33. The van der Waals surface area contributed by atoms with Crippen LogP contribution < -0.4 is 15.8 Å². The molecular weight excluding hydrogens is 704 g/mol. The summed E-state index contributed by atoms with van der Waals surface area (Å²) in [6, 6.07) is 6.08. The van der Waals surface area contributed by atoms with Gasteiger partial charge in [0.2, 0.25) is 11.8 Å². The average Bonchev–Trinajstić information content (AvgIpc) is 3.90. The number of hydrogen-bond acceptors (Lipinski definition) is 7. The average molecular weight is 759 g/mol. The molecule has 0 radical (unpaired) electrons. The van der Waals surface area contributed by atoms with Gasteiger partial charge in [-0.2, -0.15) is 12.7 Å². The van der Waals surface area contributed by atoms with Gasteiger partial charge in [0.1, 0.15) is 24.0 Å². The van der Waals surface area contributed by atoms with E-state index in [-0.39, 0.29) is 35.3 Å². The van der Waals surface area contributed by atoms with Crippen LogP contribution in [-0.4, -0.2) is 84.4 Å². The Hall–Kier alpha value is -3.72. The number of benzene rings is 1. The van der Waals surface area contributed by atoms with Crippen LogP contribution in [0.4, 0.5) is 14.9 Å². The lowest BCUT2D eigenvalue weighted by Gasteiger charge is -2.39. The second-order valence-corrected chi connectivity index (χ2v) is 18.3. The predicted molar refractivity (Wildman–Crippen MR) is 199 cm³/mol. The number of nitrogens with one attached hydrogen (secondary N) is 3. The van der Waals surface area contributed by atoms with Crippen LogP contribution >= 0.6 is 0 Å². The molecule has 6 rings (SSSR count). The van der Waals surface area contributed by atoms with Crippen molar-refractivity contribution in [3.05, 3.63) is 30.0 Å². The van der Waals surface area contributed by atoms with Crippen molar-refractivity contribution in [2.24, 2.45) is 34.8 Å². The molecule has 2 aromatic rings. The number of aromatic amines is 1. The molecular formula is C38H55FN6O7S. The van der Waals surface area contributed by atoms with Gasteiger partial charge in [-0.15, -0.1) is 0 Å². The van der Waals surface area contributed by atoms with E-state index in [9.17, 15) is 27.6 Å². The quantitative estimate of drug-likeness (QED) is 0.242. The normalized spacial score (nSPS) is 25.9. The highest BCUT2D eigenvalue weighted by Crippen LogP contribution is 2.43.